The van der Waals surface area contributed by atoms with Gasteiger partial charge in [0.25, 0.3) is 0 Å². The molecule has 0 unspecified atom stereocenters. The molecule has 0 bridgehead atoms. The van der Waals surface area contributed by atoms with Crippen molar-refractivity contribution in [1.29, 1.82) is 0 Å². The average Bonchev–Trinajstić information content (AvgIpc) is 2.82. The number of thiophene rings is 1. The second kappa shape index (κ2) is 11.3. The third kappa shape index (κ3) is 9.10. The van der Waals surface area contributed by atoms with Crippen molar-refractivity contribution in [3.05, 3.63) is 17.0 Å². The first-order valence-electron chi connectivity index (χ1n) is 8.12. The molecule has 0 saturated carbocycles. The van der Waals surface area contributed by atoms with Gasteiger partial charge in [0.05, 0.1) is 5.00 Å². The lowest BCUT2D eigenvalue weighted by molar-refractivity contribution is 0.560. The van der Waals surface area contributed by atoms with Gasteiger partial charge < -0.3 is 5.32 Å². The molecule has 0 atom stereocenters. The second-order valence-corrected chi connectivity index (χ2v) is 6.51. The Labute approximate surface area is 123 Å². The number of anilines is 1. The zero-order chi connectivity index (χ0) is 13.8. The van der Waals surface area contributed by atoms with Crippen LogP contribution in [0.2, 0.25) is 0 Å². The van der Waals surface area contributed by atoms with Crippen molar-refractivity contribution in [2.45, 2.75) is 78.1 Å². The van der Waals surface area contributed by atoms with Crippen LogP contribution in [0.1, 0.15) is 76.7 Å². The largest absolute Gasteiger partial charge is 0.377 e. The van der Waals surface area contributed by atoms with E-state index in [1.165, 1.54) is 74.8 Å². The third-order valence-electron chi connectivity index (χ3n) is 3.56. The maximum atomic E-state index is 3.51. The molecule has 0 aliphatic heterocycles. The number of nitrogens with one attached hydrogen (secondary N) is 1. The van der Waals surface area contributed by atoms with Crippen LogP contribution in [0.5, 0.6) is 0 Å². The minimum Gasteiger partial charge on any atom is -0.377 e. The summed E-state index contributed by atoms with van der Waals surface area (Å²) in [5, 5.41) is 7.05. The smallest absolute Gasteiger partial charge is 0.0885 e. The molecule has 1 heterocycles. The van der Waals surface area contributed by atoms with Crippen LogP contribution in [-0.4, -0.2) is 6.54 Å². The molecule has 1 rings (SSSR count). The zero-order valence-electron chi connectivity index (χ0n) is 12.8. The Hall–Kier alpha value is -0.500. The fourth-order valence-corrected chi connectivity index (χ4v) is 3.17. The minimum atomic E-state index is 1.14. The van der Waals surface area contributed by atoms with E-state index in [-0.39, 0.29) is 0 Å². The Kier molecular flexibility index (Phi) is 9.88. The molecule has 0 aromatic carbocycles. The van der Waals surface area contributed by atoms with Crippen molar-refractivity contribution in [2.75, 3.05) is 11.9 Å². The molecule has 1 N–H and O–H groups in total. The van der Waals surface area contributed by atoms with Crippen molar-refractivity contribution in [2.24, 2.45) is 0 Å². The van der Waals surface area contributed by atoms with Crippen molar-refractivity contribution in [3.63, 3.8) is 0 Å². The Morgan fingerprint density at radius 3 is 2.00 bits per heavy atom. The molecule has 1 aromatic rings. The van der Waals surface area contributed by atoms with Gasteiger partial charge in [0, 0.05) is 6.54 Å². The Bertz CT molecular complexity index is 306. The van der Waals surface area contributed by atoms with Gasteiger partial charge in [-0.3, -0.25) is 0 Å². The molecule has 0 fully saturated rings. The number of rotatable bonds is 12. The molecular formula is C17H31NS. The molecule has 19 heavy (non-hydrogen) atoms. The predicted molar refractivity (Wildman–Crippen MR) is 89.4 cm³/mol. The average molecular weight is 282 g/mol. The summed E-state index contributed by atoms with van der Waals surface area (Å²) in [5.41, 5.74) is 1.37. The van der Waals surface area contributed by atoms with Gasteiger partial charge >= 0.3 is 0 Å². The summed E-state index contributed by atoms with van der Waals surface area (Å²) in [5.74, 6) is 0. The van der Waals surface area contributed by atoms with E-state index in [0.29, 0.717) is 0 Å². The van der Waals surface area contributed by atoms with E-state index >= 15 is 0 Å². The van der Waals surface area contributed by atoms with Gasteiger partial charge in [-0.15, -0.1) is 11.3 Å². The monoisotopic (exact) mass is 281 g/mol. The van der Waals surface area contributed by atoms with E-state index < -0.39 is 0 Å². The first-order chi connectivity index (χ1) is 9.33. The highest BCUT2D eigenvalue weighted by atomic mass is 32.1. The lowest BCUT2D eigenvalue weighted by Gasteiger charge is -2.04. The maximum Gasteiger partial charge on any atom is 0.0885 e. The maximum absolute atomic E-state index is 3.51. The zero-order valence-corrected chi connectivity index (χ0v) is 13.7. The molecule has 0 aliphatic carbocycles. The molecule has 0 spiro atoms. The molecule has 0 aliphatic rings. The van der Waals surface area contributed by atoms with E-state index in [9.17, 15) is 0 Å². The van der Waals surface area contributed by atoms with E-state index in [2.05, 4.69) is 30.6 Å². The van der Waals surface area contributed by atoms with E-state index in [4.69, 9.17) is 0 Å². The summed E-state index contributed by atoms with van der Waals surface area (Å²) in [6, 6.07) is 2.24. The summed E-state index contributed by atoms with van der Waals surface area (Å²) >= 11 is 1.82. The first-order valence-corrected chi connectivity index (χ1v) is 9.00. The fraction of sp³-hybridized carbons (Fsp3) is 0.765. The van der Waals surface area contributed by atoms with Crippen LogP contribution >= 0.6 is 11.3 Å². The van der Waals surface area contributed by atoms with Gasteiger partial charge in [0.2, 0.25) is 0 Å². The van der Waals surface area contributed by atoms with Crippen LogP contribution in [-0.2, 0) is 0 Å². The Morgan fingerprint density at radius 1 is 0.895 bits per heavy atom. The van der Waals surface area contributed by atoms with Crippen LogP contribution in [0.3, 0.4) is 0 Å². The third-order valence-corrected chi connectivity index (χ3v) is 4.57. The van der Waals surface area contributed by atoms with Gasteiger partial charge in [-0.25, -0.2) is 0 Å². The summed E-state index contributed by atoms with van der Waals surface area (Å²) < 4.78 is 0. The van der Waals surface area contributed by atoms with Crippen LogP contribution in [0.25, 0.3) is 0 Å². The number of unbranched alkanes of at least 4 members (excludes halogenated alkanes) is 9. The Morgan fingerprint density at radius 2 is 1.47 bits per heavy atom. The summed E-state index contributed by atoms with van der Waals surface area (Å²) in [4.78, 5) is 0. The van der Waals surface area contributed by atoms with E-state index in [1.807, 2.05) is 11.3 Å². The Balaban J connectivity index is 1.79. The number of hydrogen-bond acceptors (Lipinski definition) is 2. The first kappa shape index (κ1) is 16.6. The predicted octanol–water partition coefficient (Wildman–Crippen LogP) is 6.39. The number of hydrogen-bond donors (Lipinski definition) is 1. The van der Waals surface area contributed by atoms with Crippen LogP contribution in [0.15, 0.2) is 11.4 Å². The van der Waals surface area contributed by atoms with E-state index in [1.54, 1.807) is 0 Å². The topological polar surface area (TPSA) is 12.0 Å². The normalized spacial score (nSPS) is 10.8. The molecule has 0 radical (unpaired) electrons. The van der Waals surface area contributed by atoms with Crippen LogP contribution < -0.4 is 5.32 Å². The molecule has 0 amide bonds. The molecule has 1 aromatic heterocycles. The highest BCUT2D eigenvalue weighted by molar-refractivity contribution is 7.14. The van der Waals surface area contributed by atoms with Gasteiger partial charge in [-0.05, 0) is 30.4 Å². The number of aryl methyl sites for hydroxylation is 1. The van der Waals surface area contributed by atoms with E-state index in [0.717, 1.165) is 6.54 Å². The lowest BCUT2D eigenvalue weighted by Crippen LogP contribution is -1.99. The fourth-order valence-electron chi connectivity index (χ4n) is 2.35. The molecule has 1 nitrogen and oxygen atoms in total. The lowest BCUT2D eigenvalue weighted by atomic mass is 10.1. The molecule has 110 valence electrons. The van der Waals surface area contributed by atoms with Crippen molar-refractivity contribution < 1.29 is 0 Å². The summed E-state index contributed by atoms with van der Waals surface area (Å²) in [6.45, 7) is 5.57. The highest BCUT2D eigenvalue weighted by Crippen LogP contribution is 2.19. The van der Waals surface area contributed by atoms with Gasteiger partial charge in [-0.2, -0.15) is 0 Å². The summed E-state index contributed by atoms with van der Waals surface area (Å²) in [6.07, 6.45) is 14.1. The van der Waals surface area contributed by atoms with Crippen molar-refractivity contribution >= 4 is 16.3 Å². The van der Waals surface area contributed by atoms with Crippen molar-refractivity contribution in [1.82, 2.24) is 0 Å². The van der Waals surface area contributed by atoms with Crippen molar-refractivity contribution in [3.8, 4) is 0 Å². The second-order valence-electron chi connectivity index (χ2n) is 5.60. The van der Waals surface area contributed by atoms with Gasteiger partial charge in [0.15, 0.2) is 0 Å². The van der Waals surface area contributed by atoms with Gasteiger partial charge in [-0.1, -0.05) is 64.7 Å². The SMILES string of the molecule is CCCCCCCCCCCCNc1cc(C)cs1. The molecule has 2 heteroatoms. The minimum absolute atomic E-state index is 1.14. The summed E-state index contributed by atoms with van der Waals surface area (Å²) in [7, 11) is 0. The van der Waals surface area contributed by atoms with Crippen LogP contribution in [0.4, 0.5) is 5.00 Å². The van der Waals surface area contributed by atoms with Crippen LogP contribution in [0, 0.1) is 6.92 Å². The standard InChI is InChI=1S/C17H31NS/c1-3-4-5-6-7-8-9-10-11-12-13-18-17-14-16(2)15-19-17/h14-15,18H,3-13H2,1-2H3. The quantitative estimate of drug-likeness (QED) is 0.438. The molecular weight excluding hydrogens is 250 g/mol. The van der Waals surface area contributed by atoms with Gasteiger partial charge in [0.1, 0.15) is 0 Å². The molecule has 0 saturated heterocycles. The highest BCUT2D eigenvalue weighted by Gasteiger charge is 1.95.